The molecule has 1 saturated heterocycles. The topological polar surface area (TPSA) is 44.4 Å². The molecule has 0 aliphatic carbocycles. The molecule has 1 fully saturated rings. The molecule has 106 valence electrons. The van der Waals surface area contributed by atoms with Crippen molar-refractivity contribution in [3.8, 4) is 0 Å². The largest absolute Gasteiger partial charge is 0.325 e. The normalized spacial score (nSPS) is 18.2. The molecule has 0 bridgehead atoms. The maximum Gasteiger partial charge on any atom is 0.238 e. The Hall–Kier alpha value is -1.10. The number of para-hydroxylation sites is 1. The van der Waals surface area contributed by atoms with Crippen LogP contribution in [0.3, 0.4) is 0 Å². The number of anilines is 1. The first-order valence-corrected chi connectivity index (χ1v) is 6.43. The van der Waals surface area contributed by atoms with Gasteiger partial charge in [-0.05, 0) is 38.6 Å². The van der Waals surface area contributed by atoms with Crippen LogP contribution in [0.5, 0.6) is 0 Å². The van der Waals surface area contributed by atoms with Crippen LogP contribution in [0, 0.1) is 6.92 Å². The minimum atomic E-state index is 0. The van der Waals surface area contributed by atoms with Gasteiger partial charge < -0.3 is 10.6 Å². The number of hydrogen-bond acceptors (Lipinski definition) is 3. The lowest BCUT2D eigenvalue weighted by Crippen LogP contribution is -2.39. The van der Waals surface area contributed by atoms with E-state index in [0.717, 1.165) is 30.8 Å². The monoisotopic (exact) mass is 283 g/mol. The van der Waals surface area contributed by atoms with Gasteiger partial charge in [-0.25, -0.2) is 0 Å². The van der Waals surface area contributed by atoms with Crippen molar-refractivity contribution in [1.29, 1.82) is 0 Å². The summed E-state index contributed by atoms with van der Waals surface area (Å²) in [6.45, 7) is 4.48. The Bertz CT molecular complexity index is 419. The second kappa shape index (κ2) is 7.48. The summed E-state index contributed by atoms with van der Waals surface area (Å²) in [5, 5.41) is 6.28. The lowest BCUT2D eigenvalue weighted by molar-refractivity contribution is -0.117. The Morgan fingerprint density at radius 2 is 2.21 bits per heavy atom. The zero-order chi connectivity index (χ0) is 13.0. The van der Waals surface area contributed by atoms with Gasteiger partial charge in [-0.2, -0.15) is 0 Å². The SMILES string of the molecule is Cc1ccccc1NC(=O)CN(C)C1CCNC1.Cl. The third-order valence-corrected chi connectivity index (χ3v) is 3.47. The second-order valence-corrected chi connectivity index (χ2v) is 4.92. The first-order valence-electron chi connectivity index (χ1n) is 6.43. The lowest BCUT2D eigenvalue weighted by Gasteiger charge is -2.22. The molecule has 1 unspecified atom stereocenters. The average molecular weight is 284 g/mol. The number of halogens is 1. The maximum absolute atomic E-state index is 12.0. The van der Waals surface area contributed by atoms with Gasteiger partial charge in [-0.3, -0.25) is 9.69 Å². The van der Waals surface area contributed by atoms with Crippen LogP contribution >= 0.6 is 12.4 Å². The fraction of sp³-hybridized carbons (Fsp3) is 0.500. The molecule has 0 saturated carbocycles. The maximum atomic E-state index is 12.0. The van der Waals surface area contributed by atoms with Crippen molar-refractivity contribution >= 4 is 24.0 Å². The molecule has 0 aromatic heterocycles. The smallest absolute Gasteiger partial charge is 0.238 e. The Morgan fingerprint density at radius 3 is 2.84 bits per heavy atom. The third-order valence-electron chi connectivity index (χ3n) is 3.47. The van der Waals surface area contributed by atoms with Crippen LogP contribution < -0.4 is 10.6 Å². The van der Waals surface area contributed by atoms with Crippen LogP contribution in [0.25, 0.3) is 0 Å². The zero-order valence-corrected chi connectivity index (χ0v) is 12.3. The van der Waals surface area contributed by atoms with E-state index in [4.69, 9.17) is 0 Å². The molecule has 1 amide bonds. The minimum absolute atomic E-state index is 0. The standard InChI is InChI=1S/C14H21N3O.ClH/c1-11-5-3-4-6-13(11)16-14(18)10-17(2)12-7-8-15-9-12;/h3-6,12,15H,7-10H2,1-2H3,(H,16,18);1H. The number of nitrogens with one attached hydrogen (secondary N) is 2. The summed E-state index contributed by atoms with van der Waals surface area (Å²) in [5.41, 5.74) is 2.00. The van der Waals surface area contributed by atoms with Gasteiger partial charge in [0.15, 0.2) is 0 Å². The van der Waals surface area contributed by atoms with Crippen LogP contribution in [0.1, 0.15) is 12.0 Å². The Balaban J connectivity index is 0.00000180. The molecule has 1 aliphatic rings. The molecule has 19 heavy (non-hydrogen) atoms. The number of aryl methyl sites for hydroxylation is 1. The van der Waals surface area contributed by atoms with Gasteiger partial charge >= 0.3 is 0 Å². The van der Waals surface area contributed by atoms with Gasteiger partial charge in [0.2, 0.25) is 5.91 Å². The van der Waals surface area contributed by atoms with Crippen LogP contribution in [0.4, 0.5) is 5.69 Å². The average Bonchev–Trinajstić information content (AvgIpc) is 2.85. The molecule has 4 nitrogen and oxygen atoms in total. The quantitative estimate of drug-likeness (QED) is 0.883. The van der Waals surface area contributed by atoms with Crippen molar-refractivity contribution in [3.63, 3.8) is 0 Å². The van der Waals surface area contributed by atoms with Gasteiger partial charge in [0, 0.05) is 18.3 Å². The van der Waals surface area contributed by atoms with E-state index < -0.39 is 0 Å². The van der Waals surface area contributed by atoms with E-state index in [-0.39, 0.29) is 18.3 Å². The Morgan fingerprint density at radius 1 is 1.47 bits per heavy atom. The molecule has 5 heteroatoms. The van der Waals surface area contributed by atoms with Crippen molar-refractivity contribution in [2.45, 2.75) is 19.4 Å². The van der Waals surface area contributed by atoms with E-state index in [9.17, 15) is 4.79 Å². The van der Waals surface area contributed by atoms with Gasteiger partial charge in [-0.1, -0.05) is 18.2 Å². The molecule has 0 spiro atoms. The number of benzene rings is 1. The fourth-order valence-corrected chi connectivity index (χ4v) is 2.27. The lowest BCUT2D eigenvalue weighted by atomic mass is 10.2. The Kier molecular flexibility index (Phi) is 6.28. The summed E-state index contributed by atoms with van der Waals surface area (Å²) < 4.78 is 0. The van der Waals surface area contributed by atoms with Crippen molar-refractivity contribution in [2.75, 3.05) is 32.0 Å². The summed E-state index contributed by atoms with van der Waals surface area (Å²) in [6, 6.07) is 8.33. The molecule has 2 N–H and O–H groups in total. The Labute approximate surface area is 121 Å². The predicted molar refractivity (Wildman–Crippen MR) is 81.0 cm³/mol. The van der Waals surface area contributed by atoms with E-state index in [0.29, 0.717) is 12.6 Å². The van der Waals surface area contributed by atoms with Crippen molar-refractivity contribution < 1.29 is 4.79 Å². The van der Waals surface area contributed by atoms with Crippen molar-refractivity contribution in [3.05, 3.63) is 29.8 Å². The number of rotatable bonds is 4. The van der Waals surface area contributed by atoms with Gasteiger partial charge in [-0.15, -0.1) is 12.4 Å². The molecule has 1 aliphatic heterocycles. The molecule has 1 aromatic rings. The first-order chi connectivity index (χ1) is 8.66. The van der Waals surface area contributed by atoms with Crippen LogP contribution in [0.15, 0.2) is 24.3 Å². The van der Waals surface area contributed by atoms with Crippen LogP contribution in [-0.2, 0) is 4.79 Å². The van der Waals surface area contributed by atoms with Gasteiger partial charge in [0.1, 0.15) is 0 Å². The first kappa shape index (κ1) is 16.0. The van der Waals surface area contributed by atoms with Crippen LogP contribution in [0.2, 0.25) is 0 Å². The molecule has 1 heterocycles. The number of nitrogens with zero attached hydrogens (tertiary/aromatic N) is 1. The van der Waals surface area contributed by atoms with Crippen LogP contribution in [-0.4, -0.2) is 43.5 Å². The molecular weight excluding hydrogens is 262 g/mol. The minimum Gasteiger partial charge on any atom is -0.325 e. The number of amides is 1. The molecule has 0 radical (unpaired) electrons. The number of hydrogen-bond donors (Lipinski definition) is 2. The summed E-state index contributed by atoms with van der Waals surface area (Å²) in [7, 11) is 2.01. The summed E-state index contributed by atoms with van der Waals surface area (Å²) in [6.07, 6.45) is 1.12. The van der Waals surface area contributed by atoms with E-state index in [1.54, 1.807) is 0 Å². The molecule has 1 atom stereocenters. The predicted octanol–water partition coefficient (Wildman–Crippen LogP) is 1.65. The fourth-order valence-electron chi connectivity index (χ4n) is 2.27. The van der Waals surface area contributed by atoms with Crippen molar-refractivity contribution in [1.82, 2.24) is 10.2 Å². The second-order valence-electron chi connectivity index (χ2n) is 4.92. The summed E-state index contributed by atoms with van der Waals surface area (Å²) in [4.78, 5) is 14.1. The highest BCUT2D eigenvalue weighted by molar-refractivity contribution is 5.92. The number of carbonyl (C=O) groups is 1. The van der Waals surface area contributed by atoms with Crippen molar-refractivity contribution in [2.24, 2.45) is 0 Å². The highest BCUT2D eigenvalue weighted by atomic mass is 35.5. The number of carbonyl (C=O) groups excluding carboxylic acids is 1. The summed E-state index contributed by atoms with van der Waals surface area (Å²) in [5.74, 6) is 0.0544. The number of likely N-dealkylation sites (N-methyl/N-ethyl adjacent to an activating group) is 1. The van der Waals surface area contributed by atoms with E-state index in [1.165, 1.54) is 0 Å². The van der Waals surface area contributed by atoms with Gasteiger partial charge in [0.25, 0.3) is 0 Å². The van der Waals surface area contributed by atoms with Gasteiger partial charge in [0.05, 0.1) is 6.54 Å². The van der Waals surface area contributed by atoms with E-state index >= 15 is 0 Å². The molecular formula is C14H22ClN3O. The van der Waals surface area contributed by atoms with E-state index in [1.807, 2.05) is 38.2 Å². The highest BCUT2D eigenvalue weighted by Gasteiger charge is 2.20. The molecule has 2 rings (SSSR count). The third kappa shape index (κ3) is 4.49. The zero-order valence-electron chi connectivity index (χ0n) is 11.5. The summed E-state index contributed by atoms with van der Waals surface area (Å²) >= 11 is 0. The highest BCUT2D eigenvalue weighted by Crippen LogP contribution is 2.13. The van der Waals surface area contributed by atoms with E-state index in [2.05, 4.69) is 15.5 Å². The molecule has 1 aromatic carbocycles.